The molecule has 0 aliphatic heterocycles. The summed E-state index contributed by atoms with van der Waals surface area (Å²) in [7, 11) is 0. The molecule has 0 aliphatic rings. The van der Waals surface area contributed by atoms with E-state index >= 15 is 0 Å². The topological polar surface area (TPSA) is 48.8 Å². The van der Waals surface area contributed by atoms with Crippen LogP contribution in [0.1, 0.15) is 0 Å². The van der Waals surface area contributed by atoms with Crippen LogP contribution in [0.2, 0.25) is 0 Å². The Balaban J connectivity index is 0.953. The van der Waals surface area contributed by atoms with E-state index in [2.05, 4.69) is 191 Å². The first-order valence-corrected chi connectivity index (χ1v) is 21.4. The minimum atomic E-state index is 0.673. The third-order valence-corrected chi connectivity index (χ3v) is 13.1. The molecule has 0 amide bonds. The third-order valence-electron chi connectivity index (χ3n) is 13.1. The fraction of sp³-hybridized carbons (Fsp3) is 0. The average Bonchev–Trinajstić information content (AvgIpc) is 4.00. The quantitative estimate of drug-likeness (QED) is 0.178. The number of hydrogen-bond donors (Lipinski definition) is 0. The molecule has 5 heteroatoms. The molecule has 14 rings (SSSR count). The fourth-order valence-electron chi connectivity index (χ4n) is 10.3. The zero-order valence-corrected chi connectivity index (χ0v) is 33.8. The largest absolute Gasteiger partial charge is 0.455 e. The van der Waals surface area contributed by atoms with Gasteiger partial charge in [0.15, 0.2) is 5.82 Å². The van der Waals surface area contributed by atoms with Crippen LogP contribution >= 0.6 is 0 Å². The molecule has 4 aromatic heterocycles. The summed E-state index contributed by atoms with van der Waals surface area (Å²) < 4.78 is 11.4. The van der Waals surface area contributed by atoms with Gasteiger partial charge in [-0.2, -0.15) is 0 Å². The van der Waals surface area contributed by atoms with Crippen molar-refractivity contribution in [3.05, 3.63) is 206 Å². The van der Waals surface area contributed by atoms with Crippen molar-refractivity contribution in [3.63, 3.8) is 0 Å². The first-order valence-electron chi connectivity index (χ1n) is 21.4. The third kappa shape index (κ3) is 4.93. The van der Waals surface area contributed by atoms with Gasteiger partial charge in [0.2, 0.25) is 0 Å². The molecule has 292 valence electrons. The number of hydrogen-bond acceptors (Lipinski definition) is 3. The Labute approximate surface area is 360 Å². The van der Waals surface area contributed by atoms with Gasteiger partial charge in [0.1, 0.15) is 11.2 Å². The van der Waals surface area contributed by atoms with Crippen molar-refractivity contribution in [2.24, 2.45) is 0 Å². The van der Waals surface area contributed by atoms with Crippen molar-refractivity contribution in [1.82, 2.24) is 19.1 Å². The molecule has 0 unspecified atom stereocenters. The Hall–Kier alpha value is -8.54. The minimum Gasteiger partial charge on any atom is -0.455 e. The van der Waals surface area contributed by atoms with Crippen molar-refractivity contribution in [1.29, 1.82) is 0 Å². The van der Waals surface area contributed by atoms with Crippen LogP contribution in [0.3, 0.4) is 0 Å². The van der Waals surface area contributed by atoms with E-state index in [0.717, 1.165) is 66.1 Å². The maximum absolute atomic E-state index is 6.51. The van der Waals surface area contributed by atoms with Crippen LogP contribution in [-0.4, -0.2) is 19.1 Å². The second-order valence-electron chi connectivity index (χ2n) is 16.5. The fourth-order valence-corrected chi connectivity index (χ4v) is 10.3. The van der Waals surface area contributed by atoms with Gasteiger partial charge in [-0.05, 0) is 77.5 Å². The molecule has 0 aliphatic carbocycles. The molecule has 0 atom stereocenters. The van der Waals surface area contributed by atoms with E-state index in [1.165, 1.54) is 60.1 Å². The molecule has 0 spiro atoms. The van der Waals surface area contributed by atoms with Crippen molar-refractivity contribution in [2.75, 3.05) is 0 Å². The zero-order valence-electron chi connectivity index (χ0n) is 33.8. The highest BCUT2D eigenvalue weighted by molar-refractivity contribution is 6.17. The van der Waals surface area contributed by atoms with E-state index in [1.54, 1.807) is 0 Å². The van der Waals surface area contributed by atoms with Crippen molar-refractivity contribution in [3.8, 4) is 34.0 Å². The predicted molar refractivity (Wildman–Crippen MR) is 261 cm³/mol. The lowest BCUT2D eigenvalue weighted by Crippen LogP contribution is -1.98. The standard InChI is InChI=1S/C58H34N4O/c1-6-23-48-44(20-1)56(45-22-13-21-43-42-19-5-10-29-55(42)63-57(43)45)60-58(59-48)37-30-31-38-35(32-37)14-11-27-49(38)62-52-26-9-4-18-41(52)47-34-46-36(33-54(47)62)15-12-28-53(46)61-50-24-7-2-16-39(50)40-17-3-8-25-51(40)61/h1-34H. The maximum atomic E-state index is 6.51. The summed E-state index contributed by atoms with van der Waals surface area (Å²) in [6, 6.07) is 73.8. The van der Waals surface area contributed by atoms with Crippen LogP contribution in [-0.2, 0) is 0 Å². The summed E-state index contributed by atoms with van der Waals surface area (Å²) in [4.78, 5) is 10.5. The number of furan rings is 1. The molecule has 14 aromatic rings. The van der Waals surface area contributed by atoms with Crippen LogP contribution < -0.4 is 0 Å². The molecular formula is C58H34N4O. The number of benzene rings is 10. The summed E-state index contributed by atoms with van der Waals surface area (Å²) in [5, 5.41) is 12.8. The van der Waals surface area contributed by atoms with E-state index in [1.807, 2.05) is 24.3 Å². The Bertz CT molecular complexity index is 4170. The summed E-state index contributed by atoms with van der Waals surface area (Å²) >= 11 is 0. The van der Waals surface area contributed by atoms with Gasteiger partial charge in [-0.15, -0.1) is 0 Å². The molecule has 0 radical (unpaired) electrons. The Morgan fingerprint density at radius 2 is 0.921 bits per heavy atom. The van der Waals surface area contributed by atoms with Crippen LogP contribution in [0.15, 0.2) is 211 Å². The Morgan fingerprint density at radius 3 is 1.67 bits per heavy atom. The molecule has 0 bridgehead atoms. The lowest BCUT2D eigenvalue weighted by molar-refractivity contribution is 0.670. The van der Waals surface area contributed by atoms with E-state index in [0.29, 0.717) is 5.82 Å². The highest BCUT2D eigenvalue weighted by Crippen LogP contribution is 2.42. The Kier molecular flexibility index (Phi) is 7.05. The summed E-state index contributed by atoms with van der Waals surface area (Å²) in [5.41, 5.74) is 12.4. The lowest BCUT2D eigenvalue weighted by atomic mass is 10.0. The van der Waals surface area contributed by atoms with Crippen molar-refractivity contribution in [2.45, 2.75) is 0 Å². The predicted octanol–water partition coefficient (Wildman–Crippen LogP) is 15.4. The molecule has 0 saturated heterocycles. The number of para-hydroxylation sites is 6. The van der Waals surface area contributed by atoms with Gasteiger partial charge in [0, 0.05) is 59.6 Å². The monoisotopic (exact) mass is 802 g/mol. The van der Waals surface area contributed by atoms with Crippen LogP contribution in [0.4, 0.5) is 0 Å². The van der Waals surface area contributed by atoms with E-state index in [-0.39, 0.29) is 0 Å². The molecule has 10 aromatic carbocycles. The van der Waals surface area contributed by atoms with E-state index < -0.39 is 0 Å². The van der Waals surface area contributed by atoms with Gasteiger partial charge in [-0.1, -0.05) is 140 Å². The van der Waals surface area contributed by atoms with Gasteiger partial charge in [0.05, 0.1) is 44.7 Å². The molecule has 63 heavy (non-hydrogen) atoms. The van der Waals surface area contributed by atoms with Gasteiger partial charge < -0.3 is 13.6 Å². The second kappa shape index (κ2) is 13.0. The molecule has 5 nitrogen and oxygen atoms in total. The van der Waals surface area contributed by atoms with Gasteiger partial charge >= 0.3 is 0 Å². The second-order valence-corrected chi connectivity index (χ2v) is 16.5. The van der Waals surface area contributed by atoms with Gasteiger partial charge in [0.25, 0.3) is 0 Å². The van der Waals surface area contributed by atoms with E-state index in [9.17, 15) is 0 Å². The normalized spacial score (nSPS) is 12.1. The highest BCUT2D eigenvalue weighted by Gasteiger charge is 2.21. The first kappa shape index (κ1) is 34.2. The zero-order chi connectivity index (χ0) is 41.2. The molecule has 4 heterocycles. The SMILES string of the molecule is c1cc(-n2c3ccccc3c3cc4c(-n5c6ccccc6c6ccccc65)cccc4cc32)c2ccc(-c3nc(-c4cccc5c4oc4ccccc45)c4ccccc4n3)cc2c1. The number of fused-ring (bicyclic) bond motifs is 12. The van der Waals surface area contributed by atoms with Crippen molar-refractivity contribution >= 4 is 98.0 Å². The number of aromatic nitrogens is 4. The summed E-state index contributed by atoms with van der Waals surface area (Å²) in [6.45, 7) is 0. The van der Waals surface area contributed by atoms with E-state index in [4.69, 9.17) is 14.4 Å². The van der Waals surface area contributed by atoms with Crippen molar-refractivity contribution < 1.29 is 4.42 Å². The van der Waals surface area contributed by atoms with Gasteiger partial charge in [-0.3, -0.25) is 0 Å². The average molecular weight is 803 g/mol. The first-order chi connectivity index (χ1) is 31.2. The molecule has 0 saturated carbocycles. The smallest absolute Gasteiger partial charge is 0.160 e. The maximum Gasteiger partial charge on any atom is 0.160 e. The number of nitrogens with zero attached hydrogens (tertiary/aromatic N) is 4. The molecule has 0 fully saturated rings. The minimum absolute atomic E-state index is 0.673. The summed E-state index contributed by atoms with van der Waals surface area (Å²) in [5.74, 6) is 0.673. The summed E-state index contributed by atoms with van der Waals surface area (Å²) in [6.07, 6.45) is 0. The van der Waals surface area contributed by atoms with Gasteiger partial charge in [-0.25, -0.2) is 9.97 Å². The molecular weight excluding hydrogens is 769 g/mol. The number of rotatable bonds is 4. The molecule has 0 N–H and O–H groups in total. The lowest BCUT2D eigenvalue weighted by Gasteiger charge is -2.14. The van der Waals surface area contributed by atoms with Crippen LogP contribution in [0.25, 0.3) is 132 Å². The van der Waals surface area contributed by atoms with Crippen LogP contribution in [0.5, 0.6) is 0 Å². The van der Waals surface area contributed by atoms with Crippen LogP contribution in [0, 0.1) is 0 Å². The Morgan fingerprint density at radius 1 is 0.349 bits per heavy atom. The highest BCUT2D eigenvalue weighted by atomic mass is 16.3.